The lowest BCUT2D eigenvalue weighted by molar-refractivity contribution is 0.0941. The molecule has 1 amide bonds. The van der Waals surface area contributed by atoms with Gasteiger partial charge in [-0.15, -0.1) is 0 Å². The van der Waals surface area contributed by atoms with Gasteiger partial charge in [-0.3, -0.25) is 9.69 Å². The number of likely N-dealkylation sites (N-methyl/N-ethyl adjacent to an activating group) is 1. The van der Waals surface area contributed by atoms with Crippen molar-refractivity contribution in [2.45, 2.75) is 56.9 Å². The molecule has 150 valence electrons. The molecule has 0 radical (unpaired) electrons. The SMILES string of the molecule is CCN1CCCC1CNC(=O)c1ccc(C)c(S(=O)(=O)N2CCCCC2)c1. The molecule has 1 aromatic rings. The molecule has 0 aromatic heterocycles. The molecular formula is C20H31N3O3S. The molecule has 2 saturated heterocycles. The first-order valence-corrected chi connectivity index (χ1v) is 11.5. The minimum Gasteiger partial charge on any atom is -0.350 e. The van der Waals surface area contributed by atoms with E-state index >= 15 is 0 Å². The Labute approximate surface area is 163 Å². The van der Waals surface area contributed by atoms with Gasteiger partial charge in [0.1, 0.15) is 0 Å². The van der Waals surface area contributed by atoms with E-state index in [0.29, 0.717) is 36.8 Å². The third-order valence-corrected chi connectivity index (χ3v) is 7.83. The molecule has 7 heteroatoms. The fourth-order valence-corrected chi connectivity index (χ4v) is 5.89. The number of benzene rings is 1. The minimum absolute atomic E-state index is 0.201. The number of carbonyl (C=O) groups is 1. The largest absolute Gasteiger partial charge is 0.350 e. The number of carbonyl (C=O) groups excluding carboxylic acids is 1. The zero-order valence-corrected chi connectivity index (χ0v) is 17.2. The highest BCUT2D eigenvalue weighted by molar-refractivity contribution is 7.89. The molecular weight excluding hydrogens is 362 g/mol. The number of aryl methyl sites for hydroxylation is 1. The van der Waals surface area contributed by atoms with Crippen LogP contribution in [0.15, 0.2) is 23.1 Å². The fraction of sp³-hybridized carbons (Fsp3) is 0.650. The second-order valence-corrected chi connectivity index (χ2v) is 9.49. The van der Waals surface area contributed by atoms with Gasteiger partial charge in [0.15, 0.2) is 0 Å². The van der Waals surface area contributed by atoms with Crippen molar-refractivity contribution in [2.75, 3.05) is 32.7 Å². The Kier molecular flexibility index (Phi) is 6.55. The fourth-order valence-electron chi connectivity index (χ4n) is 4.12. The molecule has 6 nitrogen and oxygen atoms in total. The lowest BCUT2D eigenvalue weighted by atomic mass is 10.1. The number of likely N-dealkylation sites (tertiary alicyclic amines) is 1. The lowest BCUT2D eigenvalue weighted by Gasteiger charge is -2.26. The normalized spacial score (nSPS) is 22.1. The van der Waals surface area contributed by atoms with Gasteiger partial charge in [0.05, 0.1) is 4.90 Å². The van der Waals surface area contributed by atoms with Crippen LogP contribution in [0.1, 0.15) is 54.9 Å². The highest BCUT2D eigenvalue weighted by atomic mass is 32.2. The third kappa shape index (κ3) is 4.52. The molecule has 0 spiro atoms. The molecule has 0 bridgehead atoms. The number of piperidine rings is 1. The Bertz CT molecular complexity index is 773. The molecule has 0 aliphatic carbocycles. The van der Waals surface area contributed by atoms with Crippen LogP contribution in [0.2, 0.25) is 0 Å². The smallest absolute Gasteiger partial charge is 0.251 e. The summed E-state index contributed by atoms with van der Waals surface area (Å²) in [7, 11) is -3.55. The average molecular weight is 394 g/mol. The zero-order chi connectivity index (χ0) is 19.4. The van der Waals surface area contributed by atoms with Crippen molar-refractivity contribution in [2.24, 2.45) is 0 Å². The minimum atomic E-state index is -3.55. The van der Waals surface area contributed by atoms with Crippen molar-refractivity contribution in [3.05, 3.63) is 29.3 Å². The summed E-state index contributed by atoms with van der Waals surface area (Å²) < 4.78 is 27.6. The van der Waals surface area contributed by atoms with Gasteiger partial charge >= 0.3 is 0 Å². The van der Waals surface area contributed by atoms with Gasteiger partial charge in [0.2, 0.25) is 10.0 Å². The number of hydrogen-bond donors (Lipinski definition) is 1. The van der Waals surface area contributed by atoms with Crippen LogP contribution in [0.25, 0.3) is 0 Å². The molecule has 0 saturated carbocycles. The maximum absolute atomic E-state index is 13.0. The Morgan fingerprint density at radius 3 is 2.59 bits per heavy atom. The van der Waals surface area contributed by atoms with Gasteiger partial charge < -0.3 is 5.32 Å². The first kappa shape index (κ1) is 20.3. The van der Waals surface area contributed by atoms with E-state index in [4.69, 9.17) is 0 Å². The number of nitrogens with zero attached hydrogens (tertiary/aromatic N) is 2. The Morgan fingerprint density at radius 2 is 1.89 bits per heavy atom. The summed E-state index contributed by atoms with van der Waals surface area (Å²) in [4.78, 5) is 15.3. The van der Waals surface area contributed by atoms with Crippen molar-refractivity contribution in [3.63, 3.8) is 0 Å². The second-order valence-electron chi connectivity index (χ2n) is 7.58. The molecule has 27 heavy (non-hydrogen) atoms. The van der Waals surface area contributed by atoms with Gasteiger partial charge in [-0.2, -0.15) is 4.31 Å². The van der Waals surface area contributed by atoms with Crippen molar-refractivity contribution < 1.29 is 13.2 Å². The maximum Gasteiger partial charge on any atom is 0.251 e. The maximum atomic E-state index is 13.0. The number of sulfonamides is 1. The first-order valence-electron chi connectivity index (χ1n) is 10.1. The van der Waals surface area contributed by atoms with E-state index in [9.17, 15) is 13.2 Å². The molecule has 1 aromatic carbocycles. The summed E-state index contributed by atoms with van der Waals surface area (Å²) in [6, 6.07) is 5.37. The summed E-state index contributed by atoms with van der Waals surface area (Å²) in [6.07, 6.45) is 5.12. The van der Waals surface area contributed by atoms with Crippen molar-refractivity contribution in [1.29, 1.82) is 0 Å². The predicted molar refractivity (Wildman–Crippen MR) is 106 cm³/mol. The van der Waals surface area contributed by atoms with E-state index in [-0.39, 0.29) is 10.8 Å². The average Bonchev–Trinajstić information content (AvgIpc) is 3.14. The van der Waals surface area contributed by atoms with Crippen LogP contribution >= 0.6 is 0 Å². The molecule has 3 rings (SSSR count). The predicted octanol–water partition coefficient (Wildman–Crippen LogP) is 2.38. The van der Waals surface area contributed by atoms with Crippen LogP contribution in [0.3, 0.4) is 0 Å². The van der Waals surface area contributed by atoms with E-state index in [2.05, 4.69) is 17.1 Å². The summed E-state index contributed by atoms with van der Waals surface area (Å²) in [6.45, 7) is 7.73. The van der Waals surface area contributed by atoms with Gasteiger partial charge in [-0.05, 0) is 63.4 Å². The highest BCUT2D eigenvalue weighted by Gasteiger charge is 2.28. The van der Waals surface area contributed by atoms with E-state index in [1.807, 2.05) is 0 Å². The summed E-state index contributed by atoms with van der Waals surface area (Å²) in [5.74, 6) is -0.201. The number of rotatable bonds is 6. The molecule has 2 heterocycles. The summed E-state index contributed by atoms with van der Waals surface area (Å²) in [5.41, 5.74) is 1.10. The van der Waals surface area contributed by atoms with E-state index in [1.54, 1.807) is 29.4 Å². The molecule has 2 aliphatic heterocycles. The topological polar surface area (TPSA) is 69.7 Å². The zero-order valence-electron chi connectivity index (χ0n) is 16.4. The van der Waals surface area contributed by atoms with Crippen molar-refractivity contribution in [3.8, 4) is 0 Å². The van der Waals surface area contributed by atoms with Gasteiger partial charge in [-0.1, -0.05) is 19.4 Å². The second kappa shape index (κ2) is 8.71. The van der Waals surface area contributed by atoms with E-state index in [1.165, 1.54) is 0 Å². The standard InChI is InChI=1S/C20H31N3O3S/c1-3-22-11-7-8-18(22)15-21-20(24)17-10-9-16(2)19(14-17)27(25,26)23-12-5-4-6-13-23/h9-10,14,18H,3-8,11-13,15H2,1-2H3,(H,21,24). The van der Waals surface area contributed by atoms with Crippen LogP contribution in [-0.4, -0.2) is 62.3 Å². The number of amides is 1. The van der Waals surface area contributed by atoms with Crippen LogP contribution in [0, 0.1) is 6.92 Å². The van der Waals surface area contributed by atoms with Gasteiger partial charge in [0.25, 0.3) is 5.91 Å². The van der Waals surface area contributed by atoms with E-state index in [0.717, 1.165) is 45.2 Å². The van der Waals surface area contributed by atoms with Crippen molar-refractivity contribution >= 4 is 15.9 Å². The molecule has 1 N–H and O–H groups in total. The Morgan fingerprint density at radius 1 is 1.15 bits per heavy atom. The Hall–Kier alpha value is -1.44. The molecule has 2 fully saturated rings. The highest BCUT2D eigenvalue weighted by Crippen LogP contribution is 2.24. The molecule has 1 atom stereocenters. The van der Waals surface area contributed by atoms with Crippen LogP contribution < -0.4 is 5.32 Å². The van der Waals surface area contributed by atoms with Gasteiger partial charge in [-0.25, -0.2) is 8.42 Å². The van der Waals surface area contributed by atoms with Crippen LogP contribution in [0.4, 0.5) is 0 Å². The number of hydrogen-bond acceptors (Lipinski definition) is 4. The monoisotopic (exact) mass is 393 g/mol. The number of nitrogens with one attached hydrogen (secondary N) is 1. The lowest BCUT2D eigenvalue weighted by Crippen LogP contribution is -2.40. The first-order chi connectivity index (χ1) is 12.9. The van der Waals surface area contributed by atoms with E-state index < -0.39 is 10.0 Å². The third-order valence-electron chi connectivity index (χ3n) is 5.79. The quantitative estimate of drug-likeness (QED) is 0.806. The van der Waals surface area contributed by atoms with Crippen LogP contribution in [0.5, 0.6) is 0 Å². The summed E-state index contributed by atoms with van der Waals surface area (Å²) in [5, 5.41) is 2.99. The molecule has 1 unspecified atom stereocenters. The molecule has 2 aliphatic rings. The van der Waals surface area contributed by atoms with Crippen LogP contribution in [-0.2, 0) is 10.0 Å². The van der Waals surface area contributed by atoms with Gasteiger partial charge in [0, 0.05) is 31.2 Å². The Balaban J connectivity index is 1.73. The summed E-state index contributed by atoms with van der Waals surface area (Å²) >= 11 is 0. The van der Waals surface area contributed by atoms with Crippen molar-refractivity contribution in [1.82, 2.24) is 14.5 Å².